The molecule has 0 spiro atoms. The predicted molar refractivity (Wildman–Crippen MR) is 113 cm³/mol. The molecule has 0 aliphatic carbocycles. The molecule has 2 heterocycles. The maximum absolute atomic E-state index is 12.8. The minimum atomic E-state index is -0.538. The van der Waals surface area contributed by atoms with Crippen molar-refractivity contribution in [1.82, 2.24) is 4.90 Å². The Bertz CT molecular complexity index is 725. The maximum Gasteiger partial charge on any atom is 0.494 e. The van der Waals surface area contributed by atoms with Crippen molar-refractivity contribution in [2.75, 3.05) is 13.2 Å². The van der Waals surface area contributed by atoms with E-state index in [9.17, 15) is 4.79 Å². The van der Waals surface area contributed by atoms with Gasteiger partial charge in [-0.1, -0.05) is 24.3 Å². The second kappa shape index (κ2) is 7.60. The smallest absolute Gasteiger partial charge is 0.444 e. The van der Waals surface area contributed by atoms with Crippen molar-refractivity contribution in [1.29, 1.82) is 0 Å². The molecule has 2 saturated heterocycles. The van der Waals surface area contributed by atoms with E-state index < -0.39 is 12.7 Å². The van der Waals surface area contributed by atoms with Crippen LogP contribution in [0.25, 0.3) is 0 Å². The lowest BCUT2D eigenvalue weighted by Crippen LogP contribution is -2.48. The number of rotatable bonds is 2. The highest BCUT2D eigenvalue weighted by molar-refractivity contribution is 6.62. The van der Waals surface area contributed by atoms with Gasteiger partial charge in [-0.25, -0.2) is 4.79 Å². The molecule has 0 aromatic heterocycles. The van der Waals surface area contributed by atoms with E-state index in [1.54, 1.807) is 4.90 Å². The van der Waals surface area contributed by atoms with Gasteiger partial charge in [0.1, 0.15) is 5.60 Å². The van der Waals surface area contributed by atoms with Crippen LogP contribution in [0.3, 0.4) is 0 Å². The van der Waals surface area contributed by atoms with Crippen LogP contribution in [-0.2, 0) is 18.8 Å². The van der Waals surface area contributed by atoms with E-state index in [0.29, 0.717) is 13.2 Å². The third-order valence-electron chi connectivity index (χ3n) is 5.84. The third kappa shape index (κ3) is 4.78. The Labute approximate surface area is 175 Å². The van der Waals surface area contributed by atoms with Gasteiger partial charge in [0.2, 0.25) is 0 Å². The number of hydrogen-bond donors (Lipinski definition) is 0. The van der Waals surface area contributed by atoms with Gasteiger partial charge in [0.15, 0.2) is 0 Å². The Hall–Kier alpha value is -1.57. The molecule has 2 aliphatic rings. The zero-order valence-electron chi connectivity index (χ0n) is 18.9. The Morgan fingerprint density at radius 3 is 2.17 bits per heavy atom. The van der Waals surface area contributed by atoms with Crippen LogP contribution >= 0.6 is 0 Å². The van der Waals surface area contributed by atoms with Gasteiger partial charge in [0, 0.05) is 0 Å². The number of hydrogen-bond acceptors (Lipinski definition) is 5. The van der Waals surface area contributed by atoms with E-state index in [4.69, 9.17) is 18.8 Å². The minimum absolute atomic E-state index is 0.0252. The molecule has 160 valence electrons. The summed E-state index contributed by atoms with van der Waals surface area (Å²) < 4.78 is 23.7. The molecule has 0 N–H and O–H groups in total. The molecular formula is C22H34BNO5. The molecule has 2 atom stereocenters. The van der Waals surface area contributed by atoms with Crippen LogP contribution < -0.4 is 5.46 Å². The van der Waals surface area contributed by atoms with E-state index in [2.05, 4.69) is 0 Å². The maximum atomic E-state index is 12.8. The van der Waals surface area contributed by atoms with Gasteiger partial charge in [-0.2, -0.15) is 0 Å². The molecular weight excluding hydrogens is 369 g/mol. The van der Waals surface area contributed by atoms with E-state index in [-0.39, 0.29) is 29.4 Å². The Balaban J connectivity index is 1.78. The average Bonchev–Trinajstić information content (AvgIpc) is 2.81. The van der Waals surface area contributed by atoms with Crippen molar-refractivity contribution in [3.63, 3.8) is 0 Å². The molecule has 3 rings (SSSR count). The van der Waals surface area contributed by atoms with Crippen LogP contribution in [0, 0.1) is 0 Å². The average molecular weight is 403 g/mol. The van der Waals surface area contributed by atoms with Gasteiger partial charge in [-0.05, 0) is 66.4 Å². The fourth-order valence-electron chi connectivity index (χ4n) is 3.46. The monoisotopic (exact) mass is 403 g/mol. The Morgan fingerprint density at radius 2 is 1.66 bits per heavy atom. The van der Waals surface area contributed by atoms with E-state index in [0.717, 1.165) is 11.0 Å². The summed E-state index contributed by atoms with van der Waals surface area (Å²) in [6, 6.07) is 7.85. The molecule has 2 aliphatic heterocycles. The highest BCUT2D eigenvalue weighted by Crippen LogP contribution is 2.36. The summed E-state index contributed by atoms with van der Waals surface area (Å²) in [5.74, 6) is 0. The Kier molecular flexibility index (Phi) is 5.80. The lowest BCUT2D eigenvalue weighted by molar-refractivity contribution is -0.0644. The van der Waals surface area contributed by atoms with E-state index >= 15 is 0 Å². The van der Waals surface area contributed by atoms with E-state index in [1.165, 1.54) is 0 Å². The first-order chi connectivity index (χ1) is 13.3. The summed E-state index contributed by atoms with van der Waals surface area (Å²) >= 11 is 0. The van der Waals surface area contributed by atoms with Crippen LogP contribution in [0.1, 0.15) is 67.0 Å². The van der Waals surface area contributed by atoms with Gasteiger partial charge in [-0.15, -0.1) is 0 Å². The fraction of sp³-hybridized carbons (Fsp3) is 0.682. The summed E-state index contributed by atoms with van der Waals surface area (Å²) in [4.78, 5) is 14.5. The molecule has 0 unspecified atom stereocenters. The molecule has 29 heavy (non-hydrogen) atoms. The molecule has 7 heteroatoms. The standard InChI is InChI=1S/C22H34BNO5/c1-15-13-24(19(25)27-20(2,3)4)18(14-26-15)16-9-11-17(12-10-16)23-28-21(5,6)22(7,8)29-23/h9-12,15,18H,13-14H2,1-8H3/t15-,18-/m0/s1. The quantitative estimate of drug-likeness (QED) is 0.706. The number of morpholine rings is 1. The van der Waals surface area contributed by atoms with Crippen molar-refractivity contribution < 1.29 is 23.6 Å². The van der Waals surface area contributed by atoms with Gasteiger partial charge in [0.05, 0.1) is 36.5 Å². The lowest BCUT2D eigenvalue weighted by Gasteiger charge is -2.39. The number of benzene rings is 1. The topological polar surface area (TPSA) is 57.2 Å². The zero-order chi connectivity index (χ0) is 21.6. The largest absolute Gasteiger partial charge is 0.494 e. The molecule has 1 amide bonds. The summed E-state index contributed by atoms with van der Waals surface area (Å²) in [7, 11) is -0.404. The van der Waals surface area contributed by atoms with Crippen molar-refractivity contribution in [3.8, 4) is 0 Å². The number of amides is 1. The van der Waals surface area contributed by atoms with Crippen molar-refractivity contribution >= 4 is 18.7 Å². The summed E-state index contributed by atoms with van der Waals surface area (Å²) in [6.07, 6.45) is -0.338. The number of ether oxygens (including phenoxy) is 2. The minimum Gasteiger partial charge on any atom is -0.444 e. The van der Waals surface area contributed by atoms with Gasteiger partial charge in [0.25, 0.3) is 0 Å². The molecule has 0 saturated carbocycles. The first-order valence-electron chi connectivity index (χ1n) is 10.4. The Morgan fingerprint density at radius 1 is 1.10 bits per heavy atom. The number of carbonyl (C=O) groups is 1. The first kappa shape index (κ1) is 22.1. The third-order valence-corrected chi connectivity index (χ3v) is 5.84. The van der Waals surface area contributed by atoms with Gasteiger partial charge >= 0.3 is 13.2 Å². The lowest BCUT2D eigenvalue weighted by atomic mass is 9.78. The number of nitrogens with zero attached hydrogens (tertiary/aromatic N) is 1. The highest BCUT2D eigenvalue weighted by atomic mass is 16.7. The van der Waals surface area contributed by atoms with Crippen molar-refractivity contribution in [2.24, 2.45) is 0 Å². The van der Waals surface area contributed by atoms with Crippen LogP contribution in [-0.4, -0.2) is 54.2 Å². The van der Waals surface area contributed by atoms with Crippen molar-refractivity contribution in [2.45, 2.75) is 84.3 Å². The zero-order valence-corrected chi connectivity index (χ0v) is 18.9. The highest BCUT2D eigenvalue weighted by Gasteiger charge is 2.51. The second-order valence-electron chi connectivity index (χ2n) is 10.0. The molecule has 1 aromatic rings. The van der Waals surface area contributed by atoms with Gasteiger partial charge < -0.3 is 18.8 Å². The normalized spacial score (nSPS) is 26.5. The predicted octanol–water partition coefficient (Wildman–Crippen LogP) is 3.68. The van der Waals surface area contributed by atoms with Crippen LogP contribution in [0.4, 0.5) is 4.79 Å². The second-order valence-corrected chi connectivity index (χ2v) is 10.0. The van der Waals surface area contributed by atoms with Gasteiger partial charge in [-0.3, -0.25) is 4.90 Å². The SMILES string of the molecule is C[C@H]1CN(C(=O)OC(C)(C)C)[C@H](c2ccc(B3OC(C)(C)C(C)(C)O3)cc2)CO1. The first-order valence-corrected chi connectivity index (χ1v) is 10.4. The molecule has 0 bridgehead atoms. The molecule has 6 nitrogen and oxygen atoms in total. The van der Waals surface area contributed by atoms with Crippen LogP contribution in [0.5, 0.6) is 0 Å². The van der Waals surface area contributed by atoms with E-state index in [1.807, 2.05) is 79.7 Å². The number of carbonyl (C=O) groups excluding carboxylic acids is 1. The summed E-state index contributed by atoms with van der Waals surface area (Å²) in [5, 5.41) is 0. The fourth-order valence-corrected chi connectivity index (χ4v) is 3.46. The summed E-state index contributed by atoms with van der Waals surface area (Å²) in [6.45, 7) is 16.7. The molecule has 0 radical (unpaired) electrons. The van der Waals surface area contributed by atoms with Crippen molar-refractivity contribution in [3.05, 3.63) is 29.8 Å². The summed E-state index contributed by atoms with van der Waals surface area (Å²) in [5.41, 5.74) is 0.669. The molecule has 2 fully saturated rings. The molecule has 1 aromatic carbocycles. The van der Waals surface area contributed by atoms with Crippen LogP contribution in [0.2, 0.25) is 0 Å². The van der Waals surface area contributed by atoms with Crippen LogP contribution in [0.15, 0.2) is 24.3 Å².